The predicted octanol–water partition coefficient (Wildman–Crippen LogP) is 4.20. The van der Waals surface area contributed by atoms with Crippen LogP contribution in [0, 0.1) is 17.1 Å². The second kappa shape index (κ2) is 9.66. The molecule has 40 heavy (non-hydrogen) atoms. The summed E-state index contributed by atoms with van der Waals surface area (Å²) in [5.41, 5.74) is 3.43. The van der Waals surface area contributed by atoms with Gasteiger partial charge in [-0.15, -0.1) is 0 Å². The first-order valence-corrected chi connectivity index (χ1v) is 11.4. The van der Waals surface area contributed by atoms with Crippen LogP contribution in [0.2, 0.25) is 0 Å². The molecule has 0 atom stereocenters. The summed E-state index contributed by atoms with van der Waals surface area (Å²) >= 11 is 0. The van der Waals surface area contributed by atoms with Crippen molar-refractivity contribution in [2.24, 2.45) is 5.73 Å². The molecule has 11 nitrogen and oxygen atoms in total. The number of nitrogens with one attached hydrogen (secondary N) is 2. The number of halogens is 4. The Hall–Kier alpha value is -5.52. The number of benzene rings is 1. The highest BCUT2D eigenvalue weighted by Gasteiger charge is 2.39. The normalized spacial score (nSPS) is 11.5. The van der Waals surface area contributed by atoms with Crippen molar-refractivity contribution in [3.8, 4) is 28.6 Å². The molecule has 4 heterocycles. The molecule has 0 bridgehead atoms. The predicted molar refractivity (Wildman–Crippen MR) is 132 cm³/mol. The van der Waals surface area contributed by atoms with E-state index in [0.717, 1.165) is 23.0 Å². The van der Waals surface area contributed by atoms with Crippen molar-refractivity contribution in [2.75, 3.05) is 6.54 Å². The number of nitriles is 1. The van der Waals surface area contributed by atoms with E-state index in [9.17, 15) is 32.4 Å². The third-order valence-electron chi connectivity index (χ3n) is 5.81. The van der Waals surface area contributed by atoms with Crippen LogP contribution < -0.4 is 15.8 Å². The molecule has 15 heteroatoms. The third kappa shape index (κ3) is 4.51. The Morgan fingerprint density at radius 2 is 2.00 bits per heavy atom. The number of pyridine rings is 2. The minimum absolute atomic E-state index is 0.0641. The number of aromatic amines is 1. The minimum Gasteiger partial charge on any atom is -0.408 e. The van der Waals surface area contributed by atoms with Gasteiger partial charge in [-0.25, -0.2) is 18.9 Å². The molecule has 0 fully saturated rings. The highest BCUT2D eigenvalue weighted by atomic mass is 19.4. The van der Waals surface area contributed by atoms with E-state index in [1.807, 2.05) is 6.07 Å². The maximum Gasteiger partial charge on any atom is 0.435 e. The number of amides is 2. The van der Waals surface area contributed by atoms with Gasteiger partial charge in [0.1, 0.15) is 17.5 Å². The number of H-pyrrole nitrogens is 1. The van der Waals surface area contributed by atoms with Crippen LogP contribution >= 0.6 is 0 Å². The van der Waals surface area contributed by atoms with Crippen molar-refractivity contribution in [1.29, 1.82) is 5.26 Å². The van der Waals surface area contributed by atoms with Gasteiger partial charge in [0.2, 0.25) is 0 Å². The molecule has 4 N–H and O–H groups in total. The smallest absolute Gasteiger partial charge is 0.408 e. The minimum atomic E-state index is -5.04. The average Bonchev–Trinajstić information content (AvgIpc) is 3.51. The SMILES string of the molecule is CCNC(=O)Oc1cc(F)cc2c1[nH]c1ncc(-c3cncc(C#N)c3)c(-n3cc(C(N)=O)c(C(F)(F)F)n3)c12. The van der Waals surface area contributed by atoms with Crippen LogP contribution in [0.1, 0.15) is 28.5 Å². The van der Waals surface area contributed by atoms with Crippen molar-refractivity contribution in [3.05, 3.63) is 65.6 Å². The Morgan fingerprint density at radius 1 is 1.23 bits per heavy atom. The number of rotatable bonds is 5. The standard InChI is InChI=1S/C25H16F4N8O3/c1-2-33-24(39)40-17-5-13(26)4-14-18-20(37-10-16(22(31)38)21(36-37)25(27,28)29)15(9-34-23(18)35-19(14)17)12-3-11(6-30)7-32-8-12/h3-5,7-10H,2H2,1H3,(H2,31,38)(H,33,39)(H,34,35). The second-order valence-corrected chi connectivity index (χ2v) is 8.39. The van der Waals surface area contributed by atoms with Crippen LogP contribution in [0.4, 0.5) is 22.4 Å². The Kier molecular flexibility index (Phi) is 6.30. The molecule has 0 radical (unpaired) electrons. The molecule has 0 aliphatic rings. The number of primary amides is 1. The topological polar surface area (TPSA) is 165 Å². The average molecular weight is 552 g/mol. The number of carbonyl (C=O) groups is 2. The molecule has 202 valence electrons. The first-order chi connectivity index (χ1) is 19.0. The summed E-state index contributed by atoms with van der Waals surface area (Å²) in [5, 5.41) is 15.5. The van der Waals surface area contributed by atoms with E-state index >= 15 is 0 Å². The van der Waals surface area contributed by atoms with Gasteiger partial charge in [0.25, 0.3) is 5.91 Å². The van der Waals surface area contributed by atoms with E-state index in [0.29, 0.717) is 0 Å². The zero-order chi connectivity index (χ0) is 28.8. The van der Waals surface area contributed by atoms with E-state index in [1.165, 1.54) is 24.7 Å². The fourth-order valence-electron chi connectivity index (χ4n) is 4.21. The van der Waals surface area contributed by atoms with Crippen molar-refractivity contribution in [3.63, 3.8) is 0 Å². The van der Waals surface area contributed by atoms with Gasteiger partial charge in [0, 0.05) is 53.9 Å². The van der Waals surface area contributed by atoms with Crippen LogP contribution in [-0.2, 0) is 6.18 Å². The number of carbonyl (C=O) groups excluding carboxylic acids is 2. The Morgan fingerprint density at radius 3 is 2.65 bits per heavy atom. The molecule has 2 amide bonds. The van der Waals surface area contributed by atoms with Crippen LogP contribution in [0.15, 0.2) is 43.0 Å². The quantitative estimate of drug-likeness (QED) is 0.275. The molecular weight excluding hydrogens is 536 g/mol. The zero-order valence-electron chi connectivity index (χ0n) is 20.3. The summed E-state index contributed by atoms with van der Waals surface area (Å²) in [6.07, 6.45) is -1.20. The maximum absolute atomic E-state index is 14.8. The summed E-state index contributed by atoms with van der Waals surface area (Å²) in [6, 6.07) is 5.37. The lowest BCUT2D eigenvalue weighted by atomic mass is 10.0. The van der Waals surface area contributed by atoms with E-state index in [4.69, 9.17) is 10.5 Å². The monoisotopic (exact) mass is 552 g/mol. The van der Waals surface area contributed by atoms with Crippen molar-refractivity contribution in [2.45, 2.75) is 13.1 Å². The van der Waals surface area contributed by atoms with Gasteiger partial charge >= 0.3 is 12.3 Å². The number of nitrogens with two attached hydrogens (primary N) is 1. The van der Waals surface area contributed by atoms with E-state index < -0.39 is 35.3 Å². The summed E-state index contributed by atoms with van der Waals surface area (Å²) in [4.78, 5) is 35.2. The number of hydrogen-bond acceptors (Lipinski definition) is 7. The van der Waals surface area contributed by atoms with Crippen molar-refractivity contribution < 1.29 is 31.9 Å². The Labute approximate surface area is 221 Å². The van der Waals surface area contributed by atoms with Crippen molar-refractivity contribution in [1.82, 2.24) is 30.0 Å². The molecule has 5 rings (SSSR count). The Balaban J connectivity index is 1.90. The highest BCUT2D eigenvalue weighted by molar-refractivity contribution is 6.14. The van der Waals surface area contributed by atoms with E-state index in [1.54, 1.807) is 6.92 Å². The highest BCUT2D eigenvalue weighted by Crippen LogP contribution is 2.40. The van der Waals surface area contributed by atoms with Crippen molar-refractivity contribution >= 4 is 33.9 Å². The van der Waals surface area contributed by atoms with E-state index in [2.05, 4.69) is 25.4 Å². The van der Waals surface area contributed by atoms with Gasteiger partial charge in [-0.3, -0.25) is 9.78 Å². The molecule has 0 aliphatic heterocycles. The molecule has 5 aromatic rings. The number of alkyl halides is 3. The van der Waals surface area contributed by atoms with Gasteiger partial charge < -0.3 is 20.8 Å². The van der Waals surface area contributed by atoms with Gasteiger partial charge in [-0.05, 0) is 19.1 Å². The number of hydrogen-bond donors (Lipinski definition) is 3. The molecular formula is C25H16F4N8O3. The Bertz CT molecular complexity index is 1870. The summed E-state index contributed by atoms with van der Waals surface area (Å²) in [6.45, 7) is 1.89. The molecule has 0 unspecified atom stereocenters. The van der Waals surface area contributed by atoms with Gasteiger partial charge in [0.15, 0.2) is 11.4 Å². The second-order valence-electron chi connectivity index (χ2n) is 8.39. The number of ether oxygens (including phenoxy) is 1. The van der Waals surface area contributed by atoms with Crippen LogP contribution in [0.5, 0.6) is 5.75 Å². The molecule has 0 saturated carbocycles. The summed E-state index contributed by atoms with van der Waals surface area (Å²) in [5.74, 6) is -2.42. The largest absolute Gasteiger partial charge is 0.435 e. The molecule has 1 aromatic carbocycles. The molecule has 0 aliphatic carbocycles. The lowest BCUT2D eigenvalue weighted by Gasteiger charge is -2.12. The number of fused-ring (bicyclic) bond motifs is 3. The zero-order valence-corrected chi connectivity index (χ0v) is 20.3. The lowest BCUT2D eigenvalue weighted by molar-refractivity contribution is -0.141. The fraction of sp³-hybridized carbons (Fsp3) is 0.120. The summed E-state index contributed by atoms with van der Waals surface area (Å²) in [7, 11) is 0. The third-order valence-corrected chi connectivity index (χ3v) is 5.81. The molecule has 4 aromatic heterocycles. The van der Waals surface area contributed by atoms with Crippen LogP contribution in [0.25, 0.3) is 38.8 Å². The first-order valence-electron chi connectivity index (χ1n) is 11.4. The van der Waals surface area contributed by atoms with Gasteiger partial charge in [0.05, 0.1) is 27.7 Å². The van der Waals surface area contributed by atoms with Crippen LogP contribution in [0.3, 0.4) is 0 Å². The van der Waals surface area contributed by atoms with Gasteiger partial charge in [-0.2, -0.15) is 23.5 Å². The molecule has 0 saturated heterocycles. The fourth-order valence-corrected chi connectivity index (χ4v) is 4.21. The van der Waals surface area contributed by atoms with E-state index in [-0.39, 0.29) is 56.6 Å². The van der Waals surface area contributed by atoms with Crippen LogP contribution in [-0.4, -0.2) is 43.3 Å². The number of aromatic nitrogens is 5. The number of nitrogens with zero attached hydrogens (tertiary/aromatic N) is 5. The summed E-state index contributed by atoms with van der Waals surface area (Å²) < 4.78 is 62.2. The lowest BCUT2D eigenvalue weighted by Crippen LogP contribution is -2.26. The van der Waals surface area contributed by atoms with Gasteiger partial charge in [-0.1, -0.05) is 0 Å². The maximum atomic E-state index is 14.8. The molecule has 0 spiro atoms. The first kappa shape index (κ1) is 26.1.